The van der Waals surface area contributed by atoms with Crippen LogP contribution >= 0.6 is 23.5 Å². The van der Waals surface area contributed by atoms with E-state index in [0.29, 0.717) is 0 Å². The number of halogens is 3. The lowest BCUT2D eigenvalue weighted by Crippen LogP contribution is -2.28. The number of amides is 1. The lowest BCUT2D eigenvalue weighted by Gasteiger charge is -2.06. The van der Waals surface area contributed by atoms with Crippen molar-refractivity contribution in [1.82, 2.24) is 5.32 Å². The fraction of sp³-hybridized carbons (Fsp3) is 0.714. The molecule has 9 heteroatoms. The Morgan fingerprint density at radius 2 is 1.88 bits per heavy atom. The molecular formula is C7H10F3NO3S2. The number of hydrogen-bond donors (Lipinski definition) is 2. The van der Waals surface area contributed by atoms with E-state index < -0.39 is 17.4 Å². The van der Waals surface area contributed by atoms with Gasteiger partial charge in [-0.25, -0.2) is 0 Å². The van der Waals surface area contributed by atoms with Crippen LogP contribution in [0.1, 0.15) is 0 Å². The summed E-state index contributed by atoms with van der Waals surface area (Å²) in [7, 11) is 0. The second-order valence-corrected chi connectivity index (χ2v) is 4.68. The maximum absolute atomic E-state index is 11.7. The molecule has 0 unspecified atom stereocenters. The molecule has 0 aliphatic rings. The number of rotatable bonds is 7. The van der Waals surface area contributed by atoms with Crippen molar-refractivity contribution in [3.05, 3.63) is 0 Å². The Morgan fingerprint density at radius 1 is 1.25 bits per heavy atom. The third-order valence-electron chi connectivity index (χ3n) is 1.15. The Morgan fingerprint density at radius 3 is 2.38 bits per heavy atom. The molecule has 0 atom stereocenters. The first-order valence-electron chi connectivity index (χ1n) is 4.08. The van der Waals surface area contributed by atoms with Gasteiger partial charge in [-0.1, -0.05) is 0 Å². The molecule has 16 heavy (non-hydrogen) atoms. The molecule has 0 rings (SSSR count). The Balaban J connectivity index is 3.41. The predicted molar refractivity (Wildman–Crippen MR) is 56.5 cm³/mol. The highest BCUT2D eigenvalue weighted by atomic mass is 32.2. The van der Waals surface area contributed by atoms with Gasteiger partial charge < -0.3 is 10.4 Å². The van der Waals surface area contributed by atoms with Crippen LogP contribution in [0.3, 0.4) is 0 Å². The van der Waals surface area contributed by atoms with E-state index in [4.69, 9.17) is 5.11 Å². The van der Waals surface area contributed by atoms with Gasteiger partial charge in [0.1, 0.15) is 0 Å². The highest BCUT2D eigenvalue weighted by Gasteiger charge is 2.27. The van der Waals surface area contributed by atoms with Gasteiger partial charge in [0.15, 0.2) is 0 Å². The van der Waals surface area contributed by atoms with E-state index >= 15 is 0 Å². The van der Waals surface area contributed by atoms with Crippen LogP contribution < -0.4 is 5.32 Å². The molecule has 0 aromatic carbocycles. The van der Waals surface area contributed by atoms with Crippen LogP contribution in [-0.2, 0) is 9.59 Å². The van der Waals surface area contributed by atoms with Crippen LogP contribution in [0.4, 0.5) is 13.2 Å². The second-order valence-electron chi connectivity index (χ2n) is 2.53. The van der Waals surface area contributed by atoms with Gasteiger partial charge in [-0.2, -0.15) is 13.2 Å². The van der Waals surface area contributed by atoms with Gasteiger partial charge in [-0.3, -0.25) is 9.59 Å². The van der Waals surface area contributed by atoms with E-state index in [0.717, 1.165) is 11.8 Å². The molecule has 0 aliphatic carbocycles. The minimum absolute atomic E-state index is 0.0665. The van der Waals surface area contributed by atoms with Gasteiger partial charge >= 0.3 is 11.5 Å². The standard InChI is InChI=1S/C7H10F3NO3S2/c8-7(9,10)16-2-1-11-5(12)3-15-4-6(13)14/h1-4H2,(H,11,12)(H,13,14). The molecule has 0 aromatic rings. The highest BCUT2D eigenvalue weighted by Crippen LogP contribution is 2.29. The number of hydrogen-bond acceptors (Lipinski definition) is 4. The van der Waals surface area contributed by atoms with Crippen molar-refractivity contribution in [2.75, 3.05) is 23.8 Å². The van der Waals surface area contributed by atoms with Gasteiger partial charge in [-0.05, 0) is 11.8 Å². The molecule has 2 N–H and O–H groups in total. The van der Waals surface area contributed by atoms with Gasteiger partial charge in [0, 0.05) is 12.3 Å². The molecule has 0 saturated carbocycles. The molecule has 0 radical (unpaired) electrons. The average Bonchev–Trinajstić information content (AvgIpc) is 2.10. The summed E-state index contributed by atoms with van der Waals surface area (Å²) < 4.78 is 35.0. The lowest BCUT2D eigenvalue weighted by atomic mass is 10.6. The number of thioether (sulfide) groups is 2. The van der Waals surface area contributed by atoms with Crippen molar-refractivity contribution in [2.24, 2.45) is 0 Å². The van der Waals surface area contributed by atoms with E-state index in [1.54, 1.807) is 0 Å². The number of carbonyl (C=O) groups excluding carboxylic acids is 1. The summed E-state index contributed by atoms with van der Waals surface area (Å²) in [6.45, 7) is -0.0867. The van der Waals surface area contributed by atoms with Crippen molar-refractivity contribution in [3.63, 3.8) is 0 Å². The fourth-order valence-electron chi connectivity index (χ4n) is 0.639. The molecule has 0 spiro atoms. The van der Waals surface area contributed by atoms with Gasteiger partial charge in [0.25, 0.3) is 0 Å². The molecule has 0 aromatic heterocycles. The molecule has 0 fully saturated rings. The first-order chi connectivity index (χ1) is 7.31. The number of nitrogens with one attached hydrogen (secondary N) is 1. The molecule has 0 heterocycles. The van der Waals surface area contributed by atoms with Crippen molar-refractivity contribution < 1.29 is 27.9 Å². The summed E-state index contributed by atoms with van der Waals surface area (Å²) in [6.07, 6.45) is 0. The van der Waals surface area contributed by atoms with E-state index in [-0.39, 0.29) is 35.6 Å². The normalized spacial score (nSPS) is 11.2. The summed E-state index contributed by atoms with van der Waals surface area (Å²) in [6, 6.07) is 0. The molecule has 0 bridgehead atoms. The van der Waals surface area contributed by atoms with Crippen molar-refractivity contribution in [3.8, 4) is 0 Å². The molecule has 4 nitrogen and oxygen atoms in total. The topological polar surface area (TPSA) is 66.4 Å². The summed E-state index contributed by atoms with van der Waals surface area (Å²) in [4.78, 5) is 21.0. The Kier molecular flexibility index (Phi) is 7.39. The molecular weight excluding hydrogens is 267 g/mol. The van der Waals surface area contributed by atoms with Gasteiger partial charge in [0.2, 0.25) is 5.91 Å². The van der Waals surface area contributed by atoms with Crippen molar-refractivity contribution in [1.29, 1.82) is 0 Å². The Labute approximate surface area is 98.3 Å². The van der Waals surface area contributed by atoms with E-state index in [9.17, 15) is 22.8 Å². The summed E-state index contributed by atoms with van der Waals surface area (Å²) >= 11 is 0.681. The van der Waals surface area contributed by atoms with Crippen LogP contribution in [-0.4, -0.2) is 46.3 Å². The maximum Gasteiger partial charge on any atom is 0.441 e. The first kappa shape index (κ1) is 15.4. The third kappa shape index (κ3) is 11.5. The van der Waals surface area contributed by atoms with E-state index in [2.05, 4.69) is 5.32 Å². The number of alkyl halides is 3. The summed E-state index contributed by atoms with van der Waals surface area (Å²) in [5.74, 6) is -2.02. The van der Waals surface area contributed by atoms with E-state index in [1.807, 2.05) is 0 Å². The second kappa shape index (κ2) is 7.66. The maximum atomic E-state index is 11.7. The Hall–Kier alpha value is -0.570. The van der Waals surface area contributed by atoms with Crippen LogP contribution in [0.25, 0.3) is 0 Å². The number of aliphatic carboxylic acids is 1. The monoisotopic (exact) mass is 277 g/mol. The predicted octanol–water partition coefficient (Wildman–Crippen LogP) is 1.17. The third-order valence-corrected chi connectivity index (χ3v) is 2.80. The van der Waals surface area contributed by atoms with Crippen LogP contribution in [0.15, 0.2) is 0 Å². The van der Waals surface area contributed by atoms with Gasteiger partial charge in [-0.15, -0.1) is 11.8 Å². The van der Waals surface area contributed by atoms with Crippen LogP contribution in [0.2, 0.25) is 0 Å². The minimum atomic E-state index is -4.29. The highest BCUT2D eigenvalue weighted by molar-refractivity contribution is 8.00. The minimum Gasteiger partial charge on any atom is -0.481 e. The molecule has 94 valence electrons. The van der Waals surface area contributed by atoms with E-state index in [1.165, 1.54) is 0 Å². The quantitative estimate of drug-likeness (QED) is 0.684. The molecule has 0 saturated heterocycles. The van der Waals surface area contributed by atoms with Gasteiger partial charge in [0.05, 0.1) is 11.5 Å². The average molecular weight is 277 g/mol. The fourth-order valence-corrected chi connectivity index (χ4v) is 1.64. The summed E-state index contributed by atoms with van der Waals surface area (Å²) in [5.41, 5.74) is -4.29. The zero-order valence-electron chi connectivity index (χ0n) is 8.04. The number of carboxylic acid groups (broad SMARTS) is 1. The largest absolute Gasteiger partial charge is 0.481 e. The first-order valence-corrected chi connectivity index (χ1v) is 6.22. The SMILES string of the molecule is O=C(O)CSCC(=O)NCCSC(F)(F)F. The Bertz CT molecular complexity index is 248. The summed E-state index contributed by atoms with van der Waals surface area (Å²) in [5, 5.41) is 10.5. The van der Waals surface area contributed by atoms with Crippen molar-refractivity contribution >= 4 is 35.4 Å². The number of carboxylic acids is 1. The molecule has 1 amide bonds. The lowest BCUT2D eigenvalue weighted by molar-refractivity contribution is -0.133. The zero-order chi connectivity index (χ0) is 12.6. The van der Waals surface area contributed by atoms with Crippen molar-refractivity contribution in [2.45, 2.75) is 5.51 Å². The smallest absolute Gasteiger partial charge is 0.441 e. The number of carbonyl (C=O) groups is 2. The molecule has 0 aliphatic heterocycles. The van der Waals surface area contributed by atoms with Crippen LogP contribution in [0.5, 0.6) is 0 Å². The van der Waals surface area contributed by atoms with Crippen LogP contribution in [0, 0.1) is 0 Å². The zero-order valence-corrected chi connectivity index (χ0v) is 9.68.